The number of hydrogen-bond donors (Lipinski definition) is 4. The molecule has 2 aromatic rings. The molecule has 3 heterocycles. The van der Waals surface area contributed by atoms with Gasteiger partial charge in [-0.25, -0.2) is 9.97 Å². The van der Waals surface area contributed by atoms with E-state index < -0.39 is 5.41 Å². The molecule has 0 radical (unpaired) electrons. The number of aliphatic hydroxyl groups is 1. The first kappa shape index (κ1) is 22.8. The molecule has 5 rings (SSSR count). The van der Waals surface area contributed by atoms with Crippen LogP contribution in [0.2, 0.25) is 0 Å². The number of aryl methyl sites for hydroxylation is 1. The Bertz CT molecular complexity index is 1200. The van der Waals surface area contributed by atoms with Gasteiger partial charge in [-0.1, -0.05) is 0 Å². The zero-order chi connectivity index (χ0) is 23.9. The van der Waals surface area contributed by atoms with E-state index in [2.05, 4.69) is 28.2 Å². The van der Waals surface area contributed by atoms with Crippen molar-refractivity contribution in [3.05, 3.63) is 39.5 Å². The molecule has 0 aromatic carbocycles. The van der Waals surface area contributed by atoms with Crippen LogP contribution in [0.25, 0.3) is 5.76 Å². The molecule has 9 heteroatoms. The van der Waals surface area contributed by atoms with Crippen molar-refractivity contribution < 1.29 is 5.11 Å². The van der Waals surface area contributed by atoms with Crippen molar-refractivity contribution in [2.24, 2.45) is 0 Å². The number of anilines is 2. The topological polar surface area (TPSA) is 135 Å². The molecule has 2 atom stereocenters. The number of allylic oxidation sites excluding steroid dienone is 1. The smallest absolute Gasteiger partial charge is 0.226 e. The summed E-state index contributed by atoms with van der Waals surface area (Å²) in [5.74, 6) is 0.664. The maximum Gasteiger partial charge on any atom is 0.226 e. The average molecular weight is 478 g/mol. The third-order valence-electron chi connectivity index (χ3n) is 7.57. The van der Waals surface area contributed by atoms with Gasteiger partial charge in [0.2, 0.25) is 5.95 Å². The predicted molar refractivity (Wildman–Crippen MR) is 136 cm³/mol. The first-order chi connectivity index (χ1) is 16.5. The summed E-state index contributed by atoms with van der Waals surface area (Å²) < 4.78 is 0. The Balaban J connectivity index is 1.54. The molecule has 1 aliphatic heterocycles. The summed E-state index contributed by atoms with van der Waals surface area (Å²) in [6, 6.07) is 4.27. The van der Waals surface area contributed by atoms with E-state index in [1.807, 2.05) is 0 Å². The minimum atomic E-state index is -0.560. The first-order valence-electron chi connectivity index (χ1n) is 12.1. The van der Waals surface area contributed by atoms with Crippen molar-refractivity contribution in [2.75, 3.05) is 30.3 Å². The number of aliphatic hydroxyl groups excluding tert-OH is 1. The van der Waals surface area contributed by atoms with Gasteiger partial charge in [-0.15, -0.1) is 11.3 Å². The van der Waals surface area contributed by atoms with Crippen LogP contribution in [-0.4, -0.2) is 46.5 Å². The summed E-state index contributed by atoms with van der Waals surface area (Å²) in [6.45, 7) is 4.83. The van der Waals surface area contributed by atoms with E-state index in [0.29, 0.717) is 39.9 Å². The molecule has 2 aliphatic carbocycles. The van der Waals surface area contributed by atoms with Crippen LogP contribution in [0.4, 0.5) is 10.9 Å². The average Bonchev–Trinajstić information content (AvgIpc) is 3.03. The van der Waals surface area contributed by atoms with Gasteiger partial charge >= 0.3 is 0 Å². The molecule has 1 spiro atoms. The summed E-state index contributed by atoms with van der Waals surface area (Å²) in [6.07, 6.45) is 7.60. The highest BCUT2D eigenvalue weighted by Crippen LogP contribution is 2.52. The SMILES string of the molecule is C[C@H]1CNCCCN1c1nccc(/C(O)=C2\CCC[C@@]3(CCCc4sc(N)c(C#N)c43)C2=N)n1. The number of hydrogen-bond acceptors (Lipinski definition) is 9. The van der Waals surface area contributed by atoms with Crippen molar-refractivity contribution in [1.29, 1.82) is 10.7 Å². The van der Waals surface area contributed by atoms with E-state index in [-0.39, 0.29) is 11.8 Å². The van der Waals surface area contributed by atoms with Crippen LogP contribution >= 0.6 is 11.3 Å². The van der Waals surface area contributed by atoms with E-state index >= 15 is 0 Å². The van der Waals surface area contributed by atoms with Gasteiger partial charge in [-0.3, -0.25) is 0 Å². The molecule has 2 fully saturated rings. The molecule has 5 N–H and O–H groups in total. The Morgan fingerprint density at radius 2 is 2.15 bits per heavy atom. The van der Waals surface area contributed by atoms with Gasteiger partial charge in [-0.05, 0) is 70.0 Å². The van der Waals surface area contributed by atoms with Crippen molar-refractivity contribution in [3.63, 3.8) is 0 Å². The van der Waals surface area contributed by atoms with E-state index in [1.165, 1.54) is 11.3 Å². The van der Waals surface area contributed by atoms with Crippen molar-refractivity contribution in [1.82, 2.24) is 15.3 Å². The summed E-state index contributed by atoms with van der Waals surface area (Å²) in [4.78, 5) is 12.5. The Hall–Kier alpha value is -2.96. The van der Waals surface area contributed by atoms with Gasteiger partial charge in [0.1, 0.15) is 22.5 Å². The van der Waals surface area contributed by atoms with Gasteiger partial charge in [0.25, 0.3) is 0 Å². The normalized spacial score (nSPS) is 26.6. The van der Waals surface area contributed by atoms with Crippen molar-refractivity contribution in [2.45, 2.75) is 63.3 Å². The Morgan fingerprint density at radius 1 is 1.35 bits per heavy atom. The van der Waals surface area contributed by atoms with Gasteiger partial charge in [0, 0.05) is 46.9 Å². The lowest BCUT2D eigenvalue weighted by atomic mass is 9.60. The summed E-state index contributed by atoms with van der Waals surface area (Å²) in [5.41, 5.74) is 8.60. The second-order valence-corrected chi connectivity index (χ2v) is 10.7. The molecular formula is C25H31N7OS. The third-order valence-corrected chi connectivity index (χ3v) is 8.65. The highest BCUT2D eigenvalue weighted by atomic mass is 32.1. The van der Waals surface area contributed by atoms with E-state index in [1.54, 1.807) is 12.3 Å². The molecule has 3 aliphatic rings. The molecule has 178 valence electrons. The largest absolute Gasteiger partial charge is 0.505 e. The number of thiophene rings is 1. The number of nitrogen functional groups attached to an aromatic ring is 1. The van der Waals surface area contributed by atoms with Crippen LogP contribution < -0.4 is 16.0 Å². The Kier molecular flexibility index (Phi) is 6.04. The minimum Gasteiger partial charge on any atom is -0.505 e. The molecule has 34 heavy (non-hydrogen) atoms. The lowest BCUT2D eigenvalue weighted by Gasteiger charge is -2.42. The van der Waals surface area contributed by atoms with Crippen LogP contribution in [0.3, 0.4) is 0 Å². The van der Waals surface area contributed by atoms with Gasteiger partial charge in [0.05, 0.1) is 5.56 Å². The van der Waals surface area contributed by atoms with Crippen molar-refractivity contribution in [3.8, 4) is 6.07 Å². The number of fused-ring (bicyclic) bond motifs is 2. The third kappa shape index (κ3) is 3.65. The van der Waals surface area contributed by atoms with Crippen LogP contribution in [-0.2, 0) is 11.8 Å². The van der Waals surface area contributed by atoms with Crippen LogP contribution in [0, 0.1) is 16.7 Å². The molecule has 0 unspecified atom stereocenters. The molecule has 2 aromatic heterocycles. The number of aromatic nitrogens is 2. The zero-order valence-electron chi connectivity index (χ0n) is 19.5. The molecule has 0 amide bonds. The van der Waals surface area contributed by atoms with Gasteiger partial charge in [-0.2, -0.15) is 5.26 Å². The number of nitrogens with one attached hydrogen (secondary N) is 2. The number of nitrogens with two attached hydrogens (primary N) is 1. The van der Waals surface area contributed by atoms with E-state index in [4.69, 9.17) is 10.7 Å². The zero-order valence-corrected chi connectivity index (χ0v) is 20.3. The highest BCUT2D eigenvalue weighted by molar-refractivity contribution is 7.16. The minimum absolute atomic E-state index is 0.0576. The van der Waals surface area contributed by atoms with E-state index in [0.717, 1.165) is 68.6 Å². The van der Waals surface area contributed by atoms with Crippen LogP contribution in [0.15, 0.2) is 17.8 Å². The second kappa shape index (κ2) is 9.01. The van der Waals surface area contributed by atoms with E-state index in [9.17, 15) is 15.8 Å². The quantitative estimate of drug-likeness (QED) is 0.481. The second-order valence-electron chi connectivity index (χ2n) is 9.58. The fourth-order valence-electron chi connectivity index (χ4n) is 5.90. The summed E-state index contributed by atoms with van der Waals surface area (Å²) >= 11 is 1.49. The van der Waals surface area contributed by atoms with Crippen LogP contribution in [0.1, 0.15) is 67.1 Å². The fraction of sp³-hybridized carbons (Fsp3) is 0.520. The maximum atomic E-state index is 11.4. The standard InChI is InChI=1S/C25H31N7OS/c1-15-14-29-10-4-12-32(15)24-30-11-7-18(31-24)21(33)16-5-2-8-25(22(16)27)9-3-6-19-20(25)17(13-26)23(28)34-19/h7,11,15,27,29,33H,2-6,8-10,12,14,28H2,1H3/b21-16-,27-22?/t15-,25-/m0/s1. The van der Waals surface area contributed by atoms with Crippen molar-refractivity contribution >= 4 is 33.8 Å². The Morgan fingerprint density at radius 3 is 2.94 bits per heavy atom. The summed E-state index contributed by atoms with van der Waals surface area (Å²) in [7, 11) is 0. The molecule has 0 bridgehead atoms. The number of rotatable bonds is 2. The number of nitriles is 1. The van der Waals surface area contributed by atoms with Gasteiger partial charge in [0.15, 0.2) is 0 Å². The monoisotopic (exact) mass is 477 g/mol. The molecular weight excluding hydrogens is 446 g/mol. The molecule has 1 saturated heterocycles. The highest BCUT2D eigenvalue weighted by Gasteiger charge is 2.47. The first-order valence-corrected chi connectivity index (χ1v) is 12.9. The molecule has 1 saturated carbocycles. The lowest BCUT2D eigenvalue weighted by molar-refractivity contribution is 0.409. The predicted octanol–water partition coefficient (Wildman–Crippen LogP) is 3.93. The fourth-order valence-corrected chi connectivity index (χ4v) is 7.06. The summed E-state index contributed by atoms with van der Waals surface area (Å²) in [5, 5.41) is 34.5. The number of nitrogens with zero attached hydrogens (tertiary/aromatic N) is 4. The van der Waals surface area contributed by atoms with Crippen LogP contribution in [0.5, 0.6) is 0 Å². The maximum absolute atomic E-state index is 11.4. The lowest BCUT2D eigenvalue weighted by Crippen LogP contribution is -2.42. The van der Waals surface area contributed by atoms with Gasteiger partial charge < -0.3 is 26.5 Å². The Labute approximate surface area is 204 Å². The molecule has 8 nitrogen and oxygen atoms in total.